The number of nitrogens with one attached hydrogen (secondary N) is 1. The molecule has 4 heteroatoms. The van der Waals surface area contributed by atoms with Crippen LogP contribution in [0.15, 0.2) is 18.2 Å². The fourth-order valence-electron chi connectivity index (χ4n) is 2.01. The zero-order valence-electron chi connectivity index (χ0n) is 10.7. The van der Waals surface area contributed by atoms with Crippen LogP contribution in [0.4, 0.5) is 4.39 Å². The third-order valence-corrected chi connectivity index (χ3v) is 3.05. The Labute approximate surface area is 102 Å². The topological polar surface area (TPSA) is 47.3 Å². The number of hydrogen-bond acceptors (Lipinski definition) is 3. The Morgan fingerprint density at radius 2 is 2.18 bits per heavy atom. The first-order valence-electron chi connectivity index (χ1n) is 5.87. The van der Waals surface area contributed by atoms with Crippen LogP contribution in [0.1, 0.15) is 24.9 Å². The maximum Gasteiger partial charge on any atom is 0.123 e. The molecule has 3 N–H and O–H groups in total. The van der Waals surface area contributed by atoms with Crippen molar-refractivity contribution in [2.24, 2.45) is 11.7 Å². The van der Waals surface area contributed by atoms with Crippen molar-refractivity contribution >= 4 is 0 Å². The normalized spacial score (nSPS) is 14.4. The summed E-state index contributed by atoms with van der Waals surface area (Å²) < 4.78 is 18.5. The molecule has 1 rings (SSSR count). The van der Waals surface area contributed by atoms with Gasteiger partial charge in [-0.3, -0.25) is 0 Å². The van der Waals surface area contributed by atoms with Crippen LogP contribution >= 0.6 is 0 Å². The van der Waals surface area contributed by atoms with Crippen LogP contribution in [-0.2, 0) is 0 Å². The Balaban J connectivity index is 2.99. The van der Waals surface area contributed by atoms with Gasteiger partial charge in [-0.05, 0) is 37.7 Å². The van der Waals surface area contributed by atoms with Crippen LogP contribution < -0.4 is 15.8 Å². The summed E-state index contributed by atoms with van der Waals surface area (Å²) in [5.41, 5.74) is 6.93. The van der Waals surface area contributed by atoms with Gasteiger partial charge in [0.2, 0.25) is 0 Å². The number of methoxy groups -OCH3 is 1. The van der Waals surface area contributed by atoms with Gasteiger partial charge in [-0.25, -0.2) is 4.39 Å². The monoisotopic (exact) mass is 240 g/mol. The summed E-state index contributed by atoms with van der Waals surface area (Å²) in [5, 5.41) is 3.11. The Hall–Kier alpha value is -1.13. The molecule has 2 atom stereocenters. The van der Waals surface area contributed by atoms with E-state index >= 15 is 0 Å². The van der Waals surface area contributed by atoms with Crippen LogP contribution in [0, 0.1) is 11.7 Å². The molecule has 1 aromatic rings. The van der Waals surface area contributed by atoms with Crippen molar-refractivity contribution in [3.05, 3.63) is 29.6 Å². The summed E-state index contributed by atoms with van der Waals surface area (Å²) in [4.78, 5) is 0. The lowest BCUT2D eigenvalue weighted by molar-refractivity contribution is 0.369. The first kappa shape index (κ1) is 13.9. The molecule has 0 saturated carbocycles. The van der Waals surface area contributed by atoms with Gasteiger partial charge in [-0.1, -0.05) is 13.3 Å². The Morgan fingerprint density at radius 3 is 2.71 bits per heavy atom. The number of halogens is 1. The van der Waals surface area contributed by atoms with Crippen LogP contribution in [0.5, 0.6) is 5.75 Å². The minimum Gasteiger partial charge on any atom is -0.496 e. The number of benzene rings is 1. The zero-order valence-corrected chi connectivity index (χ0v) is 10.7. The summed E-state index contributed by atoms with van der Waals surface area (Å²) in [6.45, 7) is 2.88. The van der Waals surface area contributed by atoms with E-state index in [0.29, 0.717) is 5.75 Å². The molecule has 0 amide bonds. The van der Waals surface area contributed by atoms with Crippen LogP contribution in [0.3, 0.4) is 0 Å². The van der Waals surface area contributed by atoms with Gasteiger partial charge < -0.3 is 15.8 Å². The van der Waals surface area contributed by atoms with Crippen molar-refractivity contribution in [2.45, 2.75) is 19.4 Å². The Kier molecular flexibility index (Phi) is 5.38. The highest BCUT2D eigenvalue weighted by molar-refractivity contribution is 5.36. The second kappa shape index (κ2) is 6.57. The van der Waals surface area contributed by atoms with E-state index in [-0.39, 0.29) is 17.8 Å². The molecule has 0 radical (unpaired) electrons. The van der Waals surface area contributed by atoms with Crippen molar-refractivity contribution in [3.8, 4) is 5.75 Å². The molecule has 0 aliphatic heterocycles. The summed E-state index contributed by atoms with van der Waals surface area (Å²) >= 11 is 0. The van der Waals surface area contributed by atoms with Gasteiger partial charge in [0, 0.05) is 11.6 Å². The minimum absolute atomic E-state index is 0.224. The van der Waals surface area contributed by atoms with Gasteiger partial charge in [-0.2, -0.15) is 0 Å². The second-order valence-corrected chi connectivity index (χ2v) is 4.14. The number of nitrogens with two attached hydrogens (primary N) is 1. The quantitative estimate of drug-likeness (QED) is 0.800. The predicted molar refractivity (Wildman–Crippen MR) is 67.6 cm³/mol. The number of hydrogen-bond donors (Lipinski definition) is 2. The predicted octanol–water partition coefficient (Wildman–Crippen LogP) is 2.08. The molecule has 0 spiro atoms. The Bertz CT molecular complexity index is 357. The third kappa shape index (κ3) is 3.41. The maximum absolute atomic E-state index is 13.3. The molecule has 17 heavy (non-hydrogen) atoms. The Morgan fingerprint density at radius 1 is 1.47 bits per heavy atom. The lowest BCUT2D eigenvalue weighted by Gasteiger charge is -2.24. The average Bonchev–Trinajstić information content (AvgIpc) is 2.35. The molecule has 0 aromatic heterocycles. The minimum atomic E-state index is -0.282. The van der Waals surface area contributed by atoms with E-state index in [1.807, 2.05) is 7.05 Å². The lowest BCUT2D eigenvalue weighted by Crippen LogP contribution is -2.29. The van der Waals surface area contributed by atoms with Crippen molar-refractivity contribution in [2.75, 3.05) is 20.7 Å². The molecule has 0 fully saturated rings. The molecule has 0 bridgehead atoms. The zero-order chi connectivity index (χ0) is 12.8. The van der Waals surface area contributed by atoms with Crippen LogP contribution in [0.25, 0.3) is 0 Å². The van der Waals surface area contributed by atoms with Crippen molar-refractivity contribution in [3.63, 3.8) is 0 Å². The summed E-state index contributed by atoms with van der Waals surface area (Å²) in [7, 11) is 3.46. The van der Waals surface area contributed by atoms with Crippen LogP contribution in [0.2, 0.25) is 0 Å². The van der Waals surface area contributed by atoms with E-state index in [1.165, 1.54) is 12.1 Å². The van der Waals surface area contributed by atoms with Gasteiger partial charge >= 0.3 is 0 Å². The summed E-state index contributed by atoms with van der Waals surface area (Å²) in [6, 6.07) is 4.24. The van der Waals surface area contributed by atoms with E-state index in [9.17, 15) is 4.39 Å². The van der Waals surface area contributed by atoms with Gasteiger partial charge in [0.1, 0.15) is 11.6 Å². The van der Waals surface area contributed by atoms with Gasteiger partial charge in [0.25, 0.3) is 0 Å². The van der Waals surface area contributed by atoms with Gasteiger partial charge in [0.05, 0.1) is 7.11 Å². The highest BCUT2D eigenvalue weighted by Crippen LogP contribution is 2.30. The molecule has 1 aromatic carbocycles. The highest BCUT2D eigenvalue weighted by Gasteiger charge is 2.21. The first-order valence-corrected chi connectivity index (χ1v) is 5.87. The standard InChI is InChI=1S/C13H21FN2O/c1-4-9(8-16-2)13(15)11-7-10(14)5-6-12(11)17-3/h5-7,9,13,16H,4,8,15H2,1-3H3. The molecule has 2 unspecified atom stereocenters. The molecule has 96 valence electrons. The van der Waals surface area contributed by atoms with E-state index < -0.39 is 0 Å². The van der Waals surface area contributed by atoms with E-state index in [0.717, 1.165) is 18.5 Å². The molecular weight excluding hydrogens is 219 g/mol. The largest absolute Gasteiger partial charge is 0.496 e. The summed E-state index contributed by atoms with van der Waals surface area (Å²) in [5.74, 6) is 0.625. The van der Waals surface area contributed by atoms with E-state index in [2.05, 4.69) is 12.2 Å². The van der Waals surface area contributed by atoms with Crippen LogP contribution in [-0.4, -0.2) is 20.7 Å². The molecule has 0 saturated heterocycles. The SMILES string of the molecule is CCC(CNC)C(N)c1cc(F)ccc1OC. The van der Waals surface area contributed by atoms with Gasteiger partial charge in [0.15, 0.2) is 0 Å². The molecule has 0 aliphatic carbocycles. The molecule has 3 nitrogen and oxygen atoms in total. The highest BCUT2D eigenvalue weighted by atomic mass is 19.1. The van der Waals surface area contributed by atoms with Crippen molar-refractivity contribution in [1.29, 1.82) is 0 Å². The maximum atomic E-state index is 13.3. The lowest BCUT2D eigenvalue weighted by atomic mass is 9.91. The van der Waals surface area contributed by atoms with Gasteiger partial charge in [-0.15, -0.1) is 0 Å². The smallest absolute Gasteiger partial charge is 0.123 e. The third-order valence-electron chi connectivity index (χ3n) is 3.05. The molecule has 0 heterocycles. The molecular formula is C13H21FN2O. The summed E-state index contributed by atoms with van der Waals surface area (Å²) in [6.07, 6.45) is 0.932. The average molecular weight is 240 g/mol. The molecule has 0 aliphatic rings. The van der Waals surface area contributed by atoms with Crippen molar-refractivity contribution < 1.29 is 9.13 Å². The fraction of sp³-hybridized carbons (Fsp3) is 0.538. The number of rotatable bonds is 6. The first-order chi connectivity index (χ1) is 8.13. The van der Waals surface area contributed by atoms with E-state index in [1.54, 1.807) is 13.2 Å². The number of ether oxygens (including phenoxy) is 1. The second-order valence-electron chi connectivity index (χ2n) is 4.14. The van der Waals surface area contributed by atoms with E-state index in [4.69, 9.17) is 10.5 Å². The fourth-order valence-corrected chi connectivity index (χ4v) is 2.01. The van der Waals surface area contributed by atoms with Crippen molar-refractivity contribution in [1.82, 2.24) is 5.32 Å².